The summed E-state index contributed by atoms with van der Waals surface area (Å²) in [7, 11) is 0. The van der Waals surface area contributed by atoms with Crippen LogP contribution in [-0.2, 0) is 14.2 Å². The first-order chi connectivity index (χ1) is 10.2. The molecule has 0 amide bonds. The number of hydrogen-bond acceptors (Lipinski definition) is 6. The van der Waals surface area contributed by atoms with Crippen molar-refractivity contribution in [3.63, 3.8) is 0 Å². The topological polar surface area (TPSA) is 99.1 Å². The van der Waals surface area contributed by atoms with Gasteiger partial charge in [0.05, 0.1) is 82.5 Å². The molecule has 6 nitrogen and oxygen atoms in total. The van der Waals surface area contributed by atoms with Crippen LogP contribution in [0.3, 0.4) is 0 Å². The molecule has 0 N–H and O–H groups in total. The van der Waals surface area contributed by atoms with Crippen molar-refractivity contribution < 1.29 is 18.6 Å². The Morgan fingerprint density at radius 3 is 1.29 bits per heavy atom. The van der Waals surface area contributed by atoms with E-state index in [2.05, 4.69) is 0 Å². The van der Waals surface area contributed by atoms with E-state index in [1.165, 1.54) is 0 Å². The van der Waals surface area contributed by atoms with Gasteiger partial charge in [0.25, 0.3) is 0 Å². The molecule has 0 aromatic heterocycles. The first kappa shape index (κ1) is 19.3. The maximum absolute atomic E-state index is 13.4. The molecule has 0 aliphatic heterocycles. The van der Waals surface area contributed by atoms with E-state index in [1.807, 2.05) is 18.2 Å². The molecular formula is C14H20FN3O3. The Hall–Kier alpha value is -1.72. The second kappa shape index (κ2) is 13.3. The van der Waals surface area contributed by atoms with Crippen LogP contribution in [0, 0.1) is 39.4 Å². The zero-order valence-electron chi connectivity index (χ0n) is 12.0. The molecule has 0 fully saturated rings. The number of rotatable bonds is 13. The lowest BCUT2D eigenvalue weighted by Gasteiger charge is -2.30. The lowest BCUT2D eigenvalue weighted by Crippen LogP contribution is -2.39. The summed E-state index contributed by atoms with van der Waals surface area (Å²) >= 11 is 0. The van der Waals surface area contributed by atoms with Gasteiger partial charge >= 0.3 is 0 Å². The van der Waals surface area contributed by atoms with Crippen molar-refractivity contribution in [2.45, 2.75) is 19.3 Å². The predicted octanol–water partition coefficient (Wildman–Crippen LogP) is 1.73. The number of halogens is 1. The minimum absolute atomic E-state index is 0.0598. The Kier molecular flexibility index (Phi) is 12.2. The molecule has 0 heterocycles. The molecule has 0 aromatic carbocycles. The van der Waals surface area contributed by atoms with Gasteiger partial charge in [-0.3, -0.25) is 4.39 Å². The maximum atomic E-state index is 13.4. The van der Waals surface area contributed by atoms with Crippen LogP contribution in [0.2, 0.25) is 0 Å². The van der Waals surface area contributed by atoms with Gasteiger partial charge in [0.2, 0.25) is 0 Å². The van der Waals surface area contributed by atoms with Crippen LogP contribution in [-0.4, -0.2) is 46.3 Å². The van der Waals surface area contributed by atoms with Gasteiger partial charge in [-0.25, -0.2) is 0 Å². The van der Waals surface area contributed by atoms with E-state index in [1.54, 1.807) is 0 Å². The summed E-state index contributed by atoms with van der Waals surface area (Å²) < 4.78 is 29.3. The SMILES string of the molecule is N#CCCOCC(CF)(COCCC#N)COCCC#N. The highest BCUT2D eigenvalue weighted by Crippen LogP contribution is 2.21. The van der Waals surface area contributed by atoms with Crippen LogP contribution in [0.25, 0.3) is 0 Å². The third kappa shape index (κ3) is 9.76. The van der Waals surface area contributed by atoms with E-state index in [0.717, 1.165) is 0 Å². The summed E-state index contributed by atoms with van der Waals surface area (Å²) in [6, 6.07) is 5.82. The molecule has 0 rings (SSSR count). The van der Waals surface area contributed by atoms with Gasteiger partial charge in [-0.1, -0.05) is 0 Å². The van der Waals surface area contributed by atoms with E-state index in [4.69, 9.17) is 30.0 Å². The predicted molar refractivity (Wildman–Crippen MR) is 71.6 cm³/mol. The van der Waals surface area contributed by atoms with Crippen LogP contribution in [0.1, 0.15) is 19.3 Å². The van der Waals surface area contributed by atoms with Crippen LogP contribution in [0.5, 0.6) is 0 Å². The Morgan fingerprint density at radius 1 is 0.714 bits per heavy atom. The van der Waals surface area contributed by atoms with Crippen LogP contribution < -0.4 is 0 Å². The summed E-state index contributed by atoms with van der Waals surface area (Å²) in [5.74, 6) is 0. The molecule has 0 saturated carbocycles. The van der Waals surface area contributed by atoms with Crippen molar-refractivity contribution in [3.8, 4) is 18.2 Å². The smallest absolute Gasteiger partial charge is 0.102 e. The van der Waals surface area contributed by atoms with Gasteiger partial charge in [-0.15, -0.1) is 0 Å². The van der Waals surface area contributed by atoms with E-state index < -0.39 is 12.1 Å². The Balaban J connectivity index is 4.34. The Morgan fingerprint density at radius 2 is 1.05 bits per heavy atom. The van der Waals surface area contributed by atoms with Gasteiger partial charge in [0.15, 0.2) is 0 Å². The fourth-order valence-electron chi connectivity index (χ4n) is 1.46. The molecule has 21 heavy (non-hydrogen) atoms. The fourth-order valence-corrected chi connectivity index (χ4v) is 1.46. The Labute approximate surface area is 124 Å². The van der Waals surface area contributed by atoms with Gasteiger partial charge < -0.3 is 14.2 Å². The lowest BCUT2D eigenvalue weighted by atomic mass is 9.93. The summed E-state index contributed by atoms with van der Waals surface area (Å²) in [6.07, 6.45) is 0.687. The molecule has 0 unspecified atom stereocenters. The summed E-state index contributed by atoms with van der Waals surface area (Å²) in [4.78, 5) is 0. The molecule has 0 atom stereocenters. The number of alkyl halides is 1. The van der Waals surface area contributed by atoms with Gasteiger partial charge in [-0.2, -0.15) is 15.8 Å². The normalized spacial score (nSPS) is 10.6. The number of nitriles is 3. The fraction of sp³-hybridized carbons (Fsp3) is 0.786. The van der Waals surface area contributed by atoms with Crippen molar-refractivity contribution in [1.29, 1.82) is 15.8 Å². The number of ether oxygens (including phenoxy) is 3. The summed E-state index contributed by atoms with van der Waals surface area (Å²) in [6.45, 7) is 0.120. The van der Waals surface area contributed by atoms with Gasteiger partial charge in [0.1, 0.15) is 6.67 Å². The molecule has 0 spiro atoms. The summed E-state index contributed by atoms with van der Waals surface area (Å²) in [5, 5.41) is 25.3. The highest BCUT2D eigenvalue weighted by molar-refractivity contribution is 4.80. The highest BCUT2D eigenvalue weighted by atomic mass is 19.1. The van der Waals surface area contributed by atoms with Crippen LogP contribution >= 0.6 is 0 Å². The van der Waals surface area contributed by atoms with Gasteiger partial charge in [0, 0.05) is 0 Å². The van der Waals surface area contributed by atoms with Gasteiger partial charge in [-0.05, 0) is 0 Å². The zero-order chi connectivity index (χ0) is 15.8. The minimum Gasteiger partial charge on any atom is -0.380 e. The standard InChI is InChI=1S/C14H20FN3O3/c15-10-14(11-19-7-1-4-16,12-20-8-2-5-17)13-21-9-3-6-18/h1-3,7-13H2. The molecule has 0 aliphatic rings. The van der Waals surface area contributed by atoms with E-state index in [0.29, 0.717) is 0 Å². The average molecular weight is 297 g/mol. The molecule has 7 heteroatoms. The highest BCUT2D eigenvalue weighted by Gasteiger charge is 2.32. The lowest BCUT2D eigenvalue weighted by molar-refractivity contribution is -0.0776. The van der Waals surface area contributed by atoms with Crippen LogP contribution in [0.4, 0.5) is 4.39 Å². The number of hydrogen-bond donors (Lipinski definition) is 0. The zero-order valence-corrected chi connectivity index (χ0v) is 12.0. The van der Waals surface area contributed by atoms with Crippen molar-refractivity contribution in [2.24, 2.45) is 5.41 Å². The largest absolute Gasteiger partial charge is 0.380 e. The second-order valence-corrected chi connectivity index (χ2v) is 4.52. The third-order valence-corrected chi connectivity index (χ3v) is 2.58. The van der Waals surface area contributed by atoms with E-state index in [-0.39, 0.29) is 58.9 Å². The number of nitrogens with zero attached hydrogens (tertiary/aromatic N) is 3. The minimum atomic E-state index is -0.972. The van der Waals surface area contributed by atoms with E-state index in [9.17, 15) is 4.39 Å². The van der Waals surface area contributed by atoms with Crippen molar-refractivity contribution in [3.05, 3.63) is 0 Å². The van der Waals surface area contributed by atoms with Crippen LogP contribution in [0.15, 0.2) is 0 Å². The van der Waals surface area contributed by atoms with Crippen molar-refractivity contribution in [2.75, 3.05) is 46.3 Å². The van der Waals surface area contributed by atoms with Crippen molar-refractivity contribution >= 4 is 0 Å². The summed E-state index contributed by atoms with van der Waals surface area (Å²) in [5.41, 5.74) is -0.972. The first-order valence-electron chi connectivity index (χ1n) is 6.65. The third-order valence-electron chi connectivity index (χ3n) is 2.58. The maximum Gasteiger partial charge on any atom is 0.102 e. The molecule has 0 bridgehead atoms. The second-order valence-electron chi connectivity index (χ2n) is 4.52. The molecule has 0 aromatic rings. The molecule has 0 radical (unpaired) electrons. The molecule has 0 aliphatic carbocycles. The molecule has 0 saturated heterocycles. The van der Waals surface area contributed by atoms with E-state index >= 15 is 0 Å². The molecular weight excluding hydrogens is 277 g/mol. The molecule has 116 valence electrons. The quantitative estimate of drug-likeness (QED) is 0.480. The van der Waals surface area contributed by atoms with Crippen molar-refractivity contribution in [1.82, 2.24) is 0 Å². The average Bonchev–Trinajstić information content (AvgIpc) is 2.51. The Bertz CT molecular complexity index is 329. The first-order valence-corrected chi connectivity index (χ1v) is 6.65. The monoisotopic (exact) mass is 297 g/mol.